The normalized spacial score (nSPS) is 32.0. The summed E-state index contributed by atoms with van der Waals surface area (Å²) in [7, 11) is 0. The summed E-state index contributed by atoms with van der Waals surface area (Å²) >= 11 is 0. The van der Waals surface area contributed by atoms with Gasteiger partial charge >= 0.3 is 0 Å². The van der Waals surface area contributed by atoms with E-state index in [2.05, 4.69) is 13.8 Å². The van der Waals surface area contributed by atoms with Crippen molar-refractivity contribution in [2.75, 3.05) is 19.8 Å². The van der Waals surface area contributed by atoms with E-state index in [-0.39, 0.29) is 24.4 Å². The molecule has 0 aromatic rings. The highest BCUT2D eigenvalue weighted by Crippen LogP contribution is 2.38. The van der Waals surface area contributed by atoms with Crippen molar-refractivity contribution in [3.8, 4) is 0 Å². The molecule has 2 aliphatic heterocycles. The molecule has 2 aliphatic rings. The number of fused-ring (bicyclic) bond motifs is 1. The third-order valence-electron chi connectivity index (χ3n) is 4.76. The van der Waals surface area contributed by atoms with Gasteiger partial charge in [0.05, 0.1) is 12.6 Å². The van der Waals surface area contributed by atoms with Crippen molar-refractivity contribution in [1.29, 1.82) is 0 Å². The minimum atomic E-state index is -0.647. The Morgan fingerprint density at radius 3 is 2.32 bits per heavy atom. The largest absolute Gasteiger partial charge is 0.379 e. The van der Waals surface area contributed by atoms with E-state index in [9.17, 15) is 0 Å². The van der Waals surface area contributed by atoms with Crippen LogP contribution in [-0.2, 0) is 23.7 Å². The zero-order valence-corrected chi connectivity index (χ0v) is 16.4. The van der Waals surface area contributed by atoms with E-state index in [4.69, 9.17) is 29.4 Å². The van der Waals surface area contributed by atoms with Gasteiger partial charge in [0.15, 0.2) is 12.1 Å². The lowest BCUT2D eigenvalue weighted by molar-refractivity contribution is -0.222. The maximum atomic E-state index is 6.40. The van der Waals surface area contributed by atoms with Crippen LogP contribution in [0.15, 0.2) is 0 Å². The predicted octanol–water partition coefficient (Wildman–Crippen LogP) is 2.97. The van der Waals surface area contributed by atoms with Crippen LogP contribution in [0.5, 0.6) is 0 Å². The number of rotatable bonds is 12. The molecule has 2 heterocycles. The Bertz CT molecular complexity index is 379. The van der Waals surface area contributed by atoms with Crippen molar-refractivity contribution in [2.24, 2.45) is 5.73 Å². The molecular formula is C19H37NO5. The predicted molar refractivity (Wildman–Crippen MR) is 96.3 cm³/mol. The van der Waals surface area contributed by atoms with Crippen molar-refractivity contribution >= 4 is 0 Å². The van der Waals surface area contributed by atoms with E-state index in [1.165, 1.54) is 19.3 Å². The molecule has 0 bridgehead atoms. The van der Waals surface area contributed by atoms with E-state index in [0.29, 0.717) is 13.2 Å². The molecule has 0 aliphatic carbocycles. The Labute approximate surface area is 152 Å². The molecule has 0 unspecified atom stereocenters. The summed E-state index contributed by atoms with van der Waals surface area (Å²) in [6.07, 6.45) is 5.69. The lowest BCUT2D eigenvalue weighted by atomic mass is 10.0. The fourth-order valence-electron chi connectivity index (χ4n) is 3.37. The molecule has 148 valence electrons. The van der Waals surface area contributed by atoms with E-state index < -0.39 is 12.1 Å². The fraction of sp³-hybridized carbons (Fsp3) is 1.00. The average molecular weight is 360 g/mol. The Morgan fingerprint density at radius 2 is 1.68 bits per heavy atom. The second-order valence-corrected chi connectivity index (χ2v) is 7.54. The van der Waals surface area contributed by atoms with Crippen LogP contribution >= 0.6 is 0 Å². The molecule has 0 spiro atoms. The average Bonchev–Trinajstić information content (AvgIpc) is 3.02. The zero-order valence-electron chi connectivity index (χ0n) is 16.4. The second kappa shape index (κ2) is 10.2. The SMILES string of the molecule is CCCCCOC[C@@H](OCCCCC)[C@H]1O[C@@H]2OC(C)(C)O[C@@H]2[C@H]1N. The Balaban J connectivity index is 1.85. The summed E-state index contributed by atoms with van der Waals surface area (Å²) < 4.78 is 29.7. The van der Waals surface area contributed by atoms with Crippen LogP contribution in [0.1, 0.15) is 66.2 Å². The van der Waals surface area contributed by atoms with Crippen molar-refractivity contribution in [2.45, 2.75) is 103 Å². The molecule has 5 atom stereocenters. The van der Waals surface area contributed by atoms with Gasteiger partial charge in [-0.15, -0.1) is 0 Å². The van der Waals surface area contributed by atoms with Crippen molar-refractivity contribution in [3.63, 3.8) is 0 Å². The van der Waals surface area contributed by atoms with Crippen molar-refractivity contribution in [3.05, 3.63) is 0 Å². The van der Waals surface area contributed by atoms with Gasteiger partial charge in [0.25, 0.3) is 0 Å². The van der Waals surface area contributed by atoms with E-state index in [1.54, 1.807) is 0 Å². The van der Waals surface area contributed by atoms with E-state index in [0.717, 1.165) is 25.9 Å². The van der Waals surface area contributed by atoms with E-state index >= 15 is 0 Å². The van der Waals surface area contributed by atoms with Crippen LogP contribution in [0.25, 0.3) is 0 Å². The summed E-state index contributed by atoms with van der Waals surface area (Å²) in [5, 5.41) is 0. The number of nitrogens with two attached hydrogens (primary N) is 1. The summed E-state index contributed by atoms with van der Waals surface area (Å²) in [6, 6.07) is -0.276. The monoisotopic (exact) mass is 359 g/mol. The Kier molecular flexibility index (Phi) is 8.58. The molecule has 6 heteroatoms. The van der Waals surface area contributed by atoms with Gasteiger partial charge in [-0.3, -0.25) is 0 Å². The second-order valence-electron chi connectivity index (χ2n) is 7.54. The first-order valence-corrected chi connectivity index (χ1v) is 9.94. The first kappa shape index (κ1) is 21.1. The van der Waals surface area contributed by atoms with Crippen molar-refractivity contribution < 1.29 is 23.7 Å². The molecular weight excluding hydrogens is 322 g/mol. The lowest BCUT2D eigenvalue weighted by Crippen LogP contribution is -2.49. The van der Waals surface area contributed by atoms with Gasteiger partial charge in [0, 0.05) is 13.2 Å². The molecule has 0 aromatic carbocycles. The first-order chi connectivity index (χ1) is 12.0. The standard InChI is InChI=1S/C19H37NO5/c1-5-7-9-11-21-13-14(22-12-10-8-6-2)16-15(20)17-18(23-16)25-19(3,4)24-17/h14-18H,5-13,20H2,1-4H3/t14-,15+,16-,17-,18-/m1/s1. The lowest BCUT2D eigenvalue weighted by Gasteiger charge is -2.29. The Hall–Kier alpha value is -0.240. The third-order valence-corrected chi connectivity index (χ3v) is 4.76. The van der Waals surface area contributed by atoms with Gasteiger partial charge in [-0.25, -0.2) is 0 Å². The number of hydrogen-bond acceptors (Lipinski definition) is 6. The summed E-state index contributed by atoms with van der Waals surface area (Å²) in [4.78, 5) is 0. The summed E-state index contributed by atoms with van der Waals surface area (Å²) in [5.74, 6) is -0.647. The van der Waals surface area contributed by atoms with Crippen molar-refractivity contribution in [1.82, 2.24) is 0 Å². The van der Waals surface area contributed by atoms with Gasteiger partial charge in [0.1, 0.15) is 18.3 Å². The molecule has 6 nitrogen and oxygen atoms in total. The highest BCUT2D eigenvalue weighted by Gasteiger charge is 2.55. The minimum absolute atomic E-state index is 0.186. The fourth-order valence-corrected chi connectivity index (χ4v) is 3.37. The van der Waals surface area contributed by atoms with Gasteiger partial charge < -0.3 is 29.4 Å². The van der Waals surface area contributed by atoms with Crippen LogP contribution in [0.4, 0.5) is 0 Å². The van der Waals surface area contributed by atoms with Crippen LogP contribution in [0, 0.1) is 0 Å². The maximum absolute atomic E-state index is 6.40. The van der Waals surface area contributed by atoms with Crippen LogP contribution in [-0.4, -0.2) is 56.3 Å². The molecule has 2 rings (SSSR count). The van der Waals surface area contributed by atoms with Crippen LogP contribution < -0.4 is 5.73 Å². The number of unbranched alkanes of at least 4 members (excludes halogenated alkanes) is 4. The maximum Gasteiger partial charge on any atom is 0.189 e. The smallest absolute Gasteiger partial charge is 0.189 e. The molecule has 0 aromatic heterocycles. The molecule has 0 saturated carbocycles. The van der Waals surface area contributed by atoms with Crippen LogP contribution in [0.3, 0.4) is 0 Å². The van der Waals surface area contributed by atoms with E-state index in [1.807, 2.05) is 13.8 Å². The van der Waals surface area contributed by atoms with Gasteiger partial charge in [-0.05, 0) is 26.7 Å². The summed E-state index contributed by atoms with van der Waals surface area (Å²) in [6.45, 7) is 10.1. The molecule has 2 fully saturated rings. The minimum Gasteiger partial charge on any atom is -0.379 e. The van der Waals surface area contributed by atoms with Gasteiger partial charge in [-0.1, -0.05) is 39.5 Å². The number of ether oxygens (including phenoxy) is 5. The first-order valence-electron chi connectivity index (χ1n) is 9.94. The highest BCUT2D eigenvalue weighted by molar-refractivity contribution is 4.98. The zero-order chi connectivity index (χ0) is 18.3. The topological polar surface area (TPSA) is 72.2 Å². The molecule has 0 amide bonds. The molecule has 2 saturated heterocycles. The highest BCUT2D eigenvalue weighted by atomic mass is 16.8. The van der Waals surface area contributed by atoms with Gasteiger partial charge in [-0.2, -0.15) is 0 Å². The van der Waals surface area contributed by atoms with Gasteiger partial charge in [0.2, 0.25) is 0 Å². The summed E-state index contributed by atoms with van der Waals surface area (Å²) in [5.41, 5.74) is 6.40. The quantitative estimate of drug-likeness (QED) is 0.540. The Morgan fingerprint density at radius 1 is 1.00 bits per heavy atom. The molecule has 2 N–H and O–H groups in total. The molecule has 25 heavy (non-hydrogen) atoms. The third kappa shape index (κ3) is 6.15. The van der Waals surface area contributed by atoms with Crippen LogP contribution in [0.2, 0.25) is 0 Å². The molecule has 0 radical (unpaired) electrons. The number of hydrogen-bond donors (Lipinski definition) is 1.